The Hall–Kier alpha value is -3.29. The lowest BCUT2D eigenvalue weighted by Gasteiger charge is -2.34. The third kappa shape index (κ3) is 4.16. The fourth-order valence-corrected chi connectivity index (χ4v) is 2.95. The number of hydrogen-bond donors (Lipinski definition) is 1. The minimum absolute atomic E-state index is 0.0523. The largest absolute Gasteiger partial charge is 0.335 e. The van der Waals surface area contributed by atoms with Crippen molar-refractivity contribution in [1.82, 2.24) is 9.80 Å². The van der Waals surface area contributed by atoms with Crippen molar-refractivity contribution in [1.29, 1.82) is 0 Å². The van der Waals surface area contributed by atoms with Crippen molar-refractivity contribution in [3.63, 3.8) is 0 Å². The summed E-state index contributed by atoms with van der Waals surface area (Å²) >= 11 is 0. The highest BCUT2D eigenvalue weighted by Gasteiger charge is 2.28. The molecule has 146 valence electrons. The first-order chi connectivity index (χ1) is 13.4. The molecule has 2 aromatic rings. The van der Waals surface area contributed by atoms with Gasteiger partial charge < -0.3 is 15.1 Å². The van der Waals surface area contributed by atoms with E-state index in [-0.39, 0.29) is 37.8 Å². The maximum Gasteiger partial charge on any atom is 0.313 e. The highest BCUT2D eigenvalue weighted by Crippen LogP contribution is 2.17. The molecule has 2 aromatic carbocycles. The van der Waals surface area contributed by atoms with Gasteiger partial charge in [0.1, 0.15) is 11.6 Å². The van der Waals surface area contributed by atoms with Crippen LogP contribution in [0.5, 0.6) is 0 Å². The van der Waals surface area contributed by atoms with Gasteiger partial charge in [-0.1, -0.05) is 12.1 Å². The number of amides is 3. The maximum absolute atomic E-state index is 14.0. The van der Waals surface area contributed by atoms with Crippen LogP contribution in [-0.2, 0) is 9.59 Å². The number of halogens is 2. The second kappa shape index (κ2) is 8.16. The number of hydrogen-bond acceptors (Lipinski definition) is 3. The molecule has 1 aliphatic rings. The highest BCUT2D eigenvalue weighted by atomic mass is 19.1. The molecule has 1 fully saturated rings. The normalized spacial score (nSPS) is 14.0. The maximum atomic E-state index is 14.0. The molecule has 0 unspecified atom stereocenters. The van der Waals surface area contributed by atoms with Crippen LogP contribution in [0.25, 0.3) is 0 Å². The second-order valence-electron chi connectivity index (χ2n) is 6.48. The monoisotopic (exact) mass is 387 g/mol. The summed E-state index contributed by atoms with van der Waals surface area (Å²) in [5, 5.41) is 2.29. The van der Waals surface area contributed by atoms with Crippen LogP contribution in [0.3, 0.4) is 0 Å². The highest BCUT2D eigenvalue weighted by molar-refractivity contribution is 6.39. The summed E-state index contributed by atoms with van der Waals surface area (Å²) in [4.78, 5) is 39.8. The summed E-state index contributed by atoms with van der Waals surface area (Å²) in [6, 6.07) is 9.75. The van der Waals surface area contributed by atoms with E-state index in [1.165, 1.54) is 40.1 Å². The fourth-order valence-electron chi connectivity index (χ4n) is 2.95. The SMILES string of the molecule is Cc1cccc(NC(=O)C(=O)N2CCN(C(=O)c3ccc(F)cc3)CC2)c1F. The van der Waals surface area contributed by atoms with Gasteiger partial charge in [-0.25, -0.2) is 8.78 Å². The van der Waals surface area contributed by atoms with Gasteiger partial charge in [-0.2, -0.15) is 0 Å². The van der Waals surface area contributed by atoms with E-state index in [1.54, 1.807) is 19.1 Å². The van der Waals surface area contributed by atoms with Gasteiger partial charge in [0.2, 0.25) is 0 Å². The minimum Gasteiger partial charge on any atom is -0.335 e. The van der Waals surface area contributed by atoms with Crippen molar-refractivity contribution < 1.29 is 23.2 Å². The van der Waals surface area contributed by atoms with Gasteiger partial charge in [0.05, 0.1) is 5.69 Å². The Morgan fingerprint density at radius 2 is 1.50 bits per heavy atom. The van der Waals surface area contributed by atoms with Gasteiger partial charge >= 0.3 is 11.8 Å². The summed E-state index contributed by atoms with van der Waals surface area (Å²) in [6.45, 7) is 2.40. The zero-order valence-corrected chi connectivity index (χ0v) is 15.2. The Bertz CT molecular complexity index is 907. The standard InChI is InChI=1S/C20H19F2N3O3/c1-13-3-2-4-16(17(13)22)23-18(26)20(28)25-11-9-24(10-12-25)19(27)14-5-7-15(21)8-6-14/h2-8H,9-12H2,1H3,(H,23,26). The third-order valence-electron chi connectivity index (χ3n) is 4.58. The van der Waals surface area contributed by atoms with Crippen molar-refractivity contribution >= 4 is 23.4 Å². The lowest BCUT2D eigenvalue weighted by molar-refractivity contribution is -0.144. The number of benzene rings is 2. The summed E-state index contributed by atoms with van der Waals surface area (Å²) in [5.41, 5.74) is 0.662. The van der Waals surface area contributed by atoms with Gasteiger partial charge in [-0.15, -0.1) is 0 Å². The number of carbonyl (C=O) groups is 3. The molecule has 8 heteroatoms. The average Bonchev–Trinajstić information content (AvgIpc) is 2.71. The number of carbonyl (C=O) groups excluding carboxylic acids is 3. The molecule has 1 heterocycles. The number of rotatable bonds is 2. The van der Waals surface area contributed by atoms with Crippen LogP contribution in [-0.4, -0.2) is 53.7 Å². The predicted molar refractivity (Wildman–Crippen MR) is 98.7 cm³/mol. The summed E-state index contributed by atoms with van der Waals surface area (Å²) in [5.74, 6) is -2.99. The zero-order chi connectivity index (χ0) is 20.3. The Morgan fingerprint density at radius 3 is 2.14 bits per heavy atom. The first-order valence-corrected chi connectivity index (χ1v) is 8.77. The Balaban J connectivity index is 1.57. The molecule has 0 bridgehead atoms. The molecular formula is C20H19F2N3O3. The number of nitrogens with zero attached hydrogens (tertiary/aromatic N) is 2. The van der Waals surface area contributed by atoms with Crippen molar-refractivity contribution in [2.45, 2.75) is 6.92 Å². The number of nitrogens with one attached hydrogen (secondary N) is 1. The first-order valence-electron chi connectivity index (χ1n) is 8.77. The van der Waals surface area contributed by atoms with E-state index in [9.17, 15) is 23.2 Å². The quantitative estimate of drug-likeness (QED) is 0.804. The summed E-state index contributed by atoms with van der Waals surface area (Å²) < 4.78 is 27.0. The van der Waals surface area contributed by atoms with E-state index in [0.717, 1.165) is 0 Å². The lowest BCUT2D eigenvalue weighted by atomic mass is 10.1. The molecule has 0 saturated carbocycles. The Morgan fingerprint density at radius 1 is 0.893 bits per heavy atom. The molecule has 0 spiro atoms. The molecule has 3 rings (SSSR count). The van der Waals surface area contributed by atoms with E-state index in [0.29, 0.717) is 11.1 Å². The van der Waals surface area contributed by atoms with E-state index < -0.39 is 23.4 Å². The van der Waals surface area contributed by atoms with Gasteiger partial charge in [0, 0.05) is 31.7 Å². The van der Waals surface area contributed by atoms with Crippen molar-refractivity contribution in [2.24, 2.45) is 0 Å². The van der Waals surface area contributed by atoms with E-state index in [1.807, 2.05) is 0 Å². The summed E-state index contributed by atoms with van der Waals surface area (Å²) in [6.07, 6.45) is 0. The number of anilines is 1. The van der Waals surface area contributed by atoms with Crippen LogP contribution in [0.2, 0.25) is 0 Å². The molecule has 28 heavy (non-hydrogen) atoms. The van der Waals surface area contributed by atoms with Gasteiger partial charge in [0.25, 0.3) is 5.91 Å². The van der Waals surface area contributed by atoms with Crippen molar-refractivity contribution in [2.75, 3.05) is 31.5 Å². The molecule has 6 nitrogen and oxygen atoms in total. The van der Waals surface area contributed by atoms with E-state index >= 15 is 0 Å². The first kappa shape index (κ1) is 19.5. The summed E-state index contributed by atoms with van der Waals surface area (Å²) in [7, 11) is 0. The average molecular weight is 387 g/mol. The van der Waals surface area contributed by atoms with Crippen LogP contribution in [0, 0.1) is 18.6 Å². The van der Waals surface area contributed by atoms with E-state index in [4.69, 9.17) is 0 Å². The van der Waals surface area contributed by atoms with Crippen LogP contribution >= 0.6 is 0 Å². The number of piperazine rings is 1. The minimum atomic E-state index is -0.928. The molecule has 0 aliphatic carbocycles. The molecular weight excluding hydrogens is 368 g/mol. The van der Waals surface area contributed by atoms with Crippen LogP contribution in [0.4, 0.5) is 14.5 Å². The smallest absolute Gasteiger partial charge is 0.313 e. The number of aryl methyl sites for hydroxylation is 1. The topological polar surface area (TPSA) is 69.7 Å². The Kier molecular flexibility index (Phi) is 5.67. The van der Waals surface area contributed by atoms with E-state index in [2.05, 4.69) is 5.32 Å². The molecule has 1 saturated heterocycles. The zero-order valence-electron chi connectivity index (χ0n) is 15.2. The molecule has 0 radical (unpaired) electrons. The second-order valence-corrected chi connectivity index (χ2v) is 6.48. The molecule has 1 N–H and O–H groups in total. The van der Waals surface area contributed by atoms with Gasteiger partial charge in [-0.05, 0) is 42.8 Å². The van der Waals surface area contributed by atoms with Crippen molar-refractivity contribution in [3.05, 3.63) is 65.2 Å². The van der Waals surface area contributed by atoms with Crippen LogP contribution in [0.15, 0.2) is 42.5 Å². The van der Waals surface area contributed by atoms with Crippen LogP contribution in [0.1, 0.15) is 15.9 Å². The Labute approximate surface area is 160 Å². The molecule has 0 aromatic heterocycles. The fraction of sp³-hybridized carbons (Fsp3) is 0.250. The van der Waals surface area contributed by atoms with Crippen LogP contribution < -0.4 is 5.32 Å². The molecule has 0 atom stereocenters. The van der Waals surface area contributed by atoms with Gasteiger partial charge in [-0.3, -0.25) is 14.4 Å². The van der Waals surface area contributed by atoms with Gasteiger partial charge in [0.15, 0.2) is 0 Å². The molecule has 1 aliphatic heterocycles. The van der Waals surface area contributed by atoms with Crippen molar-refractivity contribution in [3.8, 4) is 0 Å². The third-order valence-corrected chi connectivity index (χ3v) is 4.58. The predicted octanol–water partition coefficient (Wildman–Crippen LogP) is 2.20. The molecule has 3 amide bonds. The lowest BCUT2D eigenvalue weighted by Crippen LogP contribution is -2.53.